The molecule has 0 bridgehead atoms. The Morgan fingerprint density at radius 1 is 1.14 bits per heavy atom. The smallest absolute Gasteiger partial charge is 0.229 e. The van der Waals surface area contributed by atoms with Crippen molar-refractivity contribution in [2.75, 3.05) is 22.1 Å². The fourth-order valence-corrected chi connectivity index (χ4v) is 3.72. The fourth-order valence-electron chi connectivity index (χ4n) is 3.36. The number of hydrogen-bond donors (Lipinski definition) is 3. The topological polar surface area (TPSA) is 107 Å². The lowest BCUT2D eigenvalue weighted by Crippen LogP contribution is -2.28. The number of anilines is 3. The number of benzene rings is 2. The second-order valence-electron chi connectivity index (χ2n) is 6.89. The van der Waals surface area contributed by atoms with E-state index in [0.29, 0.717) is 17.2 Å². The van der Waals surface area contributed by atoms with E-state index < -0.39 is 5.92 Å². The van der Waals surface area contributed by atoms with Crippen molar-refractivity contribution in [3.63, 3.8) is 0 Å². The number of fused-ring (bicyclic) bond motifs is 1. The predicted octanol–water partition coefficient (Wildman–Crippen LogP) is 3.28. The molecule has 148 valence electrons. The van der Waals surface area contributed by atoms with Gasteiger partial charge in [-0.25, -0.2) is 0 Å². The molecule has 3 amide bonds. The first-order chi connectivity index (χ1) is 13.9. The van der Waals surface area contributed by atoms with Crippen LogP contribution in [0.15, 0.2) is 46.9 Å². The lowest BCUT2D eigenvalue weighted by Gasteiger charge is -2.14. The quantitative estimate of drug-likeness (QED) is 0.560. The van der Waals surface area contributed by atoms with Crippen molar-refractivity contribution in [3.8, 4) is 0 Å². The second kappa shape index (κ2) is 7.67. The van der Waals surface area contributed by atoms with E-state index >= 15 is 0 Å². The average Bonchev–Trinajstić information content (AvgIpc) is 3.25. The zero-order valence-electron chi connectivity index (χ0n) is 15.5. The van der Waals surface area contributed by atoms with E-state index in [4.69, 9.17) is 0 Å². The molecule has 4 rings (SSSR count). The van der Waals surface area contributed by atoms with Crippen molar-refractivity contribution in [1.29, 1.82) is 0 Å². The minimum Gasteiger partial charge on any atom is -0.326 e. The van der Waals surface area contributed by atoms with Gasteiger partial charge in [0, 0.05) is 41.1 Å². The number of carbonyl (C=O) groups is 3. The van der Waals surface area contributed by atoms with Crippen LogP contribution in [0.3, 0.4) is 0 Å². The molecule has 1 saturated heterocycles. The predicted molar refractivity (Wildman–Crippen MR) is 114 cm³/mol. The molecule has 1 fully saturated rings. The molecule has 8 nitrogen and oxygen atoms in total. The number of nitrogens with zero attached hydrogens (tertiary/aromatic N) is 2. The highest BCUT2D eigenvalue weighted by molar-refractivity contribution is 9.10. The fraction of sp³-hybridized carbons (Fsp3) is 0.200. The number of nitrogens with one attached hydrogen (secondary N) is 3. The maximum Gasteiger partial charge on any atom is 0.229 e. The molecule has 1 aromatic heterocycles. The highest BCUT2D eigenvalue weighted by atomic mass is 79.9. The Hall–Kier alpha value is -3.20. The second-order valence-corrected chi connectivity index (χ2v) is 7.81. The van der Waals surface area contributed by atoms with Crippen LogP contribution in [0, 0.1) is 5.92 Å². The van der Waals surface area contributed by atoms with Crippen LogP contribution in [0.4, 0.5) is 17.2 Å². The highest BCUT2D eigenvalue weighted by Crippen LogP contribution is 2.31. The third-order valence-electron chi connectivity index (χ3n) is 4.73. The van der Waals surface area contributed by atoms with Crippen molar-refractivity contribution in [2.45, 2.75) is 13.3 Å². The third kappa shape index (κ3) is 4.00. The van der Waals surface area contributed by atoms with Crippen molar-refractivity contribution in [2.24, 2.45) is 5.92 Å². The van der Waals surface area contributed by atoms with Gasteiger partial charge in [-0.3, -0.25) is 24.4 Å². The summed E-state index contributed by atoms with van der Waals surface area (Å²) in [6, 6.07) is 12.5. The summed E-state index contributed by atoms with van der Waals surface area (Å²) in [5.74, 6) is -0.463. The summed E-state index contributed by atoms with van der Waals surface area (Å²) in [6.07, 6.45) is 0.126. The van der Waals surface area contributed by atoms with Crippen molar-refractivity contribution >= 4 is 61.7 Å². The van der Waals surface area contributed by atoms with Crippen LogP contribution in [0.25, 0.3) is 10.9 Å². The van der Waals surface area contributed by atoms with Crippen molar-refractivity contribution < 1.29 is 14.4 Å². The molecule has 0 saturated carbocycles. The molecule has 1 aliphatic heterocycles. The van der Waals surface area contributed by atoms with E-state index in [1.165, 1.54) is 6.92 Å². The van der Waals surface area contributed by atoms with Crippen molar-refractivity contribution in [3.05, 3.63) is 46.9 Å². The number of amides is 3. The number of aromatic amines is 1. The van der Waals surface area contributed by atoms with Gasteiger partial charge < -0.3 is 10.6 Å². The summed E-state index contributed by atoms with van der Waals surface area (Å²) in [4.78, 5) is 37.8. The molecule has 29 heavy (non-hydrogen) atoms. The largest absolute Gasteiger partial charge is 0.326 e. The molecule has 1 atom stereocenters. The summed E-state index contributed by atoms with van der Waals surface area (Å²) in [6.45, 7) is 1.70. The first kappa shape index (κ1) is 19.1. The number of hydrogen-bond acceptors (Lipinski definition) is 4. The SMILES string of the molecule is CC(=O)Nc1ccc(NC(=O)[C@H]2CC(=O)N(c3n[nH]c4cc(Br)ccc34)C2)cc1. The molecule has 3 aromatic rings. The third-order valence-corrected chi connectivity index (χ3v) is 5.22. The monoisotopic (exact) mass is 455 g/mol. The van der Waals surface area contributed by atoms with E-state index in [-0.39, 0.29) is 30.7 Å². The molecule has 2 aromatic carbocycles. The molecular weight excluding hydrogens is 438 g/mol. The van der Waals surface area contributed by atoms with Crippen LogP contribution < -0.4 is 15.5 Å². The van der Waals surface area contributed by atoms with Gasteiger partial charge in [0.25, 0.3) is 0 Å². The normalized spacial score (nSPS) is 16.3. The summed E-state index contributed by atoms with van der Waals surface area (Å²) in [5, 5.41) is 13.5. The van der Waals surface area contributed by atoms with Gasteiger partial charge in [0.15, 0.2) is 5.82 Å². The van der Waals surface area contributed by atoms with Gasteiger partial charge >= 0.3 is 0 Å². The van der Waals surface area contributed by atoms with Gasteiger partial charge in [0.2, 0.25) is 17.7 Å². The summed E-state index contributed by atoms with van der Waals surface area (Å²) in [5.41, 5.74) is 2.06. The Labute approximate surface area is 174 Å². The number of rotatable bonds is 4. The molecule has 0 unspecified atom stereocenters. The van der Waals surface area contributed by atoms with E-state index in [0.717, 1.165) is 15.4 Å². The maximum atomic E-state index is 12.7. The Morgan fingerprint density at radius 2 is 1.83 bits per heavy atom. The lowest BCUT2D eigenvalue weighted by atomic mass is 10.1. The number of halogens is 1. The first-order valence-corrected chi connectivity index (χ1v) is 9.82. The number of carbonyl (C=O) groups excluding carboxylic acids is 3. The Kier molecular flexibility index (Phi) is 5.06. The minimum absolute atomic E-state index is 0.126. The van der Waals surface area contributed by atoms with Gasteiger partial charge in [-0.15, -0.1) is 0 Å². The van der Waals surface area contributed by atoms with E-state index in [9.17, 15) is 14.4 Å². The van der Waals surface area contributed by atoms with Crippen molar-refractivity contribution in [1.82, 2.24) is 10.2 Å². The van der Waals surface area contributed by atoms with Crippen LogP contribution in [-0.4, -0.2) is 34.5 Å². The van der Waals surface area contributed by atoms with Gasteiger partial charge in [0.05, 0.1) is 11.4 Å². The number of H-pyrrole nitrogens is 1. The Bertz CT molecular complexity index is 1110. The molecular formula is C20H18BrN5O3. The van der Waals surface area contributed by atoms with Gasteiger partial charge in [-0.2, -0.15) is 5.10 Å². The molecule has 0 spiro atoms. The van der Waals surface area contributed by atoms with Gasteiger partial charge in [-0.1, -0.05) is 15.9 Å². The molecule has 0 radical (unpaired) electrons. The highest BCUT2D eigenvalue weighted by Gasteiger charge is 2.36. The maximum absolute atomic E-state index is 12.7. The van der Waals surface area contributed by atoms with Crippen LogP contribution in [0.2, 0.25) is 0 Å². The summed E-state index contributed by atoms with van der Waals surface area (Å²) < 4.78 is 0.912. The zero-order chi connectivity index (χ0) is 20.5. The molecule has 0 aliphatic carbocycles. The Balaban J connectivity index is 1.45. The van der Waals surface area contributed by atoms with E-state index in [2.05, 4.69) is 36.8 Å². The molecule has 2 heterocycles. The van der Waals surface area contributed by atoms with Crippen LogP contribution in [0.5, 0.6) is 0 Å². The van der Waals surface area contributed by atoms with E-state index in [1.807, 2.05) is 18.2 Å². The molecule has 1 aliphatic rings. The van der Waals surface area contributed by atoms with E-state index in [1.54, 1.807) is 29.2 Å². The van der Waals surface area contributed by atoms with Gasteiger partial charge in [-0.05, 0) is 42.5 Å². The molecule has 9 heteroatoms. The minimum atomic E-state index is -0.472. The van der Waals surface area contributed by atoms with Crippen LogP contribution in [-0.2, 0) is 14.4 Å². The average molecular weight is 456 g/mol. The summed E-state index contributed by atoms with van der Waals surface area (Å²) in [7, 11) is 0. The Morgan fingerprint density at radius 3 is 2.52 bits per heavy atom. The van der Waals surface area contributed by atoms with Crippen LogP contribution in [0.1, 0.15) is 13.3 Å². The zero-order valence-corrected chi connectivity index (χ0v) is 17.1. The first-order valence-electron chi connectivity index (χ1n) is 9.03. The number of aromatic nitrogens is 2. The van der Waals surface area contributed by atoms with Crippen LogP contribution >= 0.6 is 15.9 Å². The molecule has 3 N–H and O–H groups in total. The summed E-state index contributed by atoms with van der Waals surface area (Å²) >= 11 is 3.41. The lowest BCUT2D eigenvalue weighted by molar-refractivity contribution is -0.122. The standard InChI is InChI=1S/C20H18BrN5O3/c1-11(27)22-14-3-5-15(6-4-14)23-20(29)12-8-18(28)26(10-12)19-16-7-2-13(21)9-17(16)24-25-19/h2-7,9,12H,8,10H2,1H3,(H,22,27)(H,23,29)(H,24,25)/t12-/m0/s1. The van der Waals surface area contributed by atoms with Gasteiger partial charge in [0.1, 0.15) is 0 Å².